The summed E-state index contributed by atoms with van der Waals surface area (Å²) in [7, 11) is 0. The summed E-state index contributed by atoms with van der Waals surface area (Å²) in [5.41, 5.74) is 2.11. The average Bonchev–Trinajstić information content (AvgIpc) is 2.83. The molecule has 84 valence electrons. The molecule has 2 unspecified atom stereocenters. The van der Waals surface area contributed by atoms with Gasteiger partial charge >= 0.3 is 0 Å². The summed E-state index contributed by atoms with van der Waals surface area (Å²) in [4.78, 5) is 4.34. The van der Waals surface area contributed by atoms with Gasteiger partial charge in [0.05, 0.1) is 16.9 Å². The molecule has 1 saturated carbocycles. The number of imidazole rings is 1. The van der Waals surface area contributed by atoms with Gasteiger partial charge < -0.3 is 9.72 Å². The van der Waals surface area contributed by atoms with Crippen LogP contribution in [0.1, 0.15) is 19.0 Å². The Labute approximate surface area is 99.4 Å². The summed E-state index contributed by atoms with van der Waals surface area (Å²) in [6.45, 7) is 3.12. The highest BCUT2D eigenvalue weighted by atomic mass is 35.5. The van der Waals surface area contributed by atoms with Gasteiger partial charge in [0.2, 0.25) is 0 Å². The Bertz CT molecular complexity index is 520. The second kappa shape index (κ2) is 3.75. The van der Waals surface area contributed by atoms with Crippen LogP contribution in [0.5, 0.6) is 0 Å². The van der Waals surface area contributed by atoms with Gasteiger partial charge in [-0.25, -0.2) is 4.98 Å². The third-order valence-corrected chi connectivity index (χ3v) is 3.42. The van der Waals surface area contributed by atoms with E-state index in [2.05, 4.69) is 17.2 Å². The molecule has 2 atom stereocenters. The SMILES string of the molecule is CC1CC1NCc1cnc2ccc(Cl)cn12. The lowest BCUT2D eigenvalue weighted by molar-refractivity contribution is 0.639. The maximum atomic E-state index is 5.98. The third-order valence-electron chi connectivity index (χ3n) is 3.20. The van der Waals surface area contributed by atoms with E-state index in [0.717, 1.165) is 28.8 Å². The summed E-state index contributed by atoms with van der Waals surface area (Å²) in [5.74, 6) is 0.822. The van der Waals surface area contributed by atoms with Gasteiger partial charge in [-0.15, -0.1) is 0 Å². The molecule has 2 aromatic rings. The van der Waals surface area contributed by atoms with Crippen LogP contribution in [-0.4, -0.2) is 15.4 Å². The number of nitrogens with one attached hydrogen (secondary N) is 1. The largest absolute Gasteiger partial charge is 0.308 e. The summed E-state index contributed by atoms with van der Waals surface area (Å²) in [6, 6.07) is 4.49. The van der Waals surface area contributed by atoms with Gasteiger partial charge in [-0.2, -0.15) is 0 Å². The van der Waals surface area contributed by atoms with Gasteiger partial charge in [-0.05, 0) is 24.5 Å². The van der Waals surface area contributed by atoms with Crippen LogP contribution in [0.4, 0.5) is 0 Å². The number of halogens is 1. The Morgan fingerprint density at radius 2 is 2.38 bits per heavy atom. The van der Waals surface area contributed by atoms with Crippen LogP contribution in [0.25, 0.3) is 5.65 Å². The van der Waals surface area contributed by atoms with Gasteiger partial charge in [0, 0.05) is 18.8 Å². The van der Waals surface area contributed by atoms with E-state index >= 15 is 0 Å². The van der Waals surface area contributed by atoms with Crippen molar-refractivity contribution >= 4 is 17.2 Å². The van der Waals surface area contributed by atoms with E-state index in [1.807, 2.05) is 28.9 Å². The Kier molecular flexibility index (Phi) is 2.37. The number of rotatable bonds is 3. The molecular weight excluding hydrogens is 222 g/mol. The van der Waals surface area contributed by atoms with Crippen LogP contribution in [0.3, 0.4) is 0 Å². The van der Waals surface area contributed by atoms with E-state index in [-0.39, 0.29) is 0 Å². The molecule has 2 heterocycles. The minimum Gasteiger partial charge on any atom is -0.308 e. The van der Waals surface area contributed by atoms with Crippen molar-refractivity contribution in [2.45, 2.75) is 25.9 Å². The van der Waals surface area contributed by atoms with Crippen molar-refractivity contribution in [2.24, 2.45) is 5.92 Å². The number of hydrogen-bond acceptors (Lipinski definition) is 2. The number of pyridine rings is 1. The summed E-state index contributed by atoms with van der Waals surface area (Å²) < 4.78 is 2.04. The molecule has 0 aromatic carbocycles. The summed E-state index contributed by atoms with van der Waals surface area (Å²) in [6.07, 6.45) is 5.11. The molecule has 0 radical (unpaired) electrons. The van der Waals surface area contributed by atoms with Gasteiger partial charge in [0.25, 0.3) is 0 Å². The van der Waals surface area contributed by atoms with Gasteiger partial charge in [-0.1, -0.05) is 18.5 Å². The molecule has 4 heteroatoms. The first kappa shape index (κ1) is 10.1. The first-order valence-electron chi connectivity index (χ1n) is 5.59. The minimum atomic E-state index is 0.685. The fraction of sp³-hybridized carbons (Fsp3) is 0.417. The quantitative estimate of drug-likeness (QED) is 0.886. The van der Waals surface area contributed by atoms with E-state index in [1.54, 1.807) is 0 Å². The van der Waals surface area contributed by atoms with E-state index in [0.29, 0.717) is 6.04 Å². The zero-order chi connectivity index (χ0) is 11.1. The molecule has 3 rings (SSSR count). The molecule has 1 aliphatic rings. The van der Waals surface area contributed by atoms with Crippen molar-refractivity contribution in [3.05, 3.63) is 35.2 Å². The predicted molar refractivity (Wildman–Crippen MR) is 64.6 cm³/mol. The van der Waals surface area contributed by atoms with E-state index < -0.39 is 0 Å². The van der Waals surface area contributed by atoms with E-state index in [1.165, 1.54) is 6.42 Å². The second-order valence-electron chi connectivity index (χ2n) is 4.53. The maximum absolute atomic E-state index is 5.98. The molecule has 2 aromatic heterocycles. The number of nitrogens with zero attached hydrogens (tertiary/aromatic N) is 2. The molecule has 0 spiro atoms. The third kappa shape index (κ3) is 1.81. The lowest BCUT2D eigenvalue weighted by Gasteiger charge is -2.03. The molecular formula is C12H14ClN3. The van der Waals surface area contributed by atoms with E-state index in [9.17, 15) is 0 Å². The van der Waals surface area contributed by atoms with Crippen LogP contribution < -0.4 is 5.32 Å². The minimum absolute atomic E-state index is 0.685. The van der Waals surface area contributed by atoms with Gasteiger partial charge in [0.15, 0.2) is 0 Å². The molecule has 16 heavy (non-hydrogen) atoms. The summed E-state index contributed by atoms with van der Waals surface area (Å²) in [5, 5.41) is 4.26. The number of aromatic nitrogens is 2. The van der Waals surface area contributed by atoms with Crippen LogP contribution >= 0.6 is 11.6 Å². The Balaban J connectivity index is 1.83. The average molecular weight is 236 g/mol. The zero-order valence-electron chi connectivity index (χ0n) is 9.15. The van der Waals surface area contributed by atoms with Crippen molar-refractivity contribution in [2.75, 3.05) is 0 Å². The van der Waals surface area contributed by atoms with Crippen molar-refractivity contribution in [1.29, 1.82) is 0 Å². The number of fused-ring (bicyclic) bond motifs is 1. The predicted octanol–water partition coefficient (Wildman–Crippen LogP) is 2.49. The lowest BCUT2D eigenvalue weighted by atomic mass is 10.4. The summed E-state index contributed by atoms with van der Waals surface area (Å²) >= 11 is 5.98. The Morgan fingerprint density at radius 3 is 3.12 bits per heavy atom. The molecule has 1 fully saturated rings. The lowest BCUT2D eigenvalue weighted by Crippen LogP contribution is -2.18. The Morgan fingerprint density at radius 1 is 1.56 bits per heavy atom. The van der Waals surface area contributed by atoms with Crippen LogP contribution in [0, 0.1) is 5.92 Å². The Hall–Kier alpha value is -1.06. The number of hydrogen-bond donors (Lipinski definition) is 1. The molecule has 1 aliphatic carbocycles. The maximum Gasteiger partial charge on any atom is 0.137 e. The van der Waals surface area contributed by atoms with Gasteiger partial charge in [0.1, 0.15) is 5.65 Å². The standard InChI is InChI=1S/C12H14ClN3/c1-8-4-11(8)14-5-10-6-15-12-3-2-9(13)7-16(10)12/h2-3,6-8,11,14H,4-5H2,1H3. The molecule has 3 nitrogen and oxygen atoms in total. The van der Waals surface area contributed by atoms with Gasteiger partial charge in [-0.3, -0.25) is 0 Å². The van der Waals surface area contributed by atoms with Crippen LogP contribution in [0.15, 0.2) is 24.5 Å². The zero-order valence-corrected chi connectivity index (χ0v) is 9.91. The van der Waals surface area contributed by atoms with Crippen molar-refractivity contribution in [3.63, 3.8) is 0 Å². The van der Waals surface area contributed by atoms with Crippen molar-refractivity contribution in [3.8, 4) is 0 Å². The van der Waals surface area contributed by atoms with Crippen molar-refractivity contribution < 1.29 is 0 Å². The first-order chi connectivity index (χ1) is 7.74. The highest BCUT2D eigenvalue weighted by Crippen LogP contribution is 2.29. The molecule has 0 amide bonds. The highest BCUT2D eigenvalue weighted by Gasteiger charge is 2.31. The van der Waals surface area contributed by atoms with Crippen LogP contribution in [-0.2, 0) is 6.54 Å². The normalized spacial score (nSPS) is 23.9. The topological polar surface area (TPSA) is 29.3 Å². The molecule has 0 aliphatic heterocycles. The molecule has 1 N–H and O–H groups in total. The monoisotopic (exact) mass is 235 g/mol. The highest BCUT2D eigenvalue weighted by molar-refractivity contribution is 6.30. The molecule has 0 saturated heterocycles. The molecule has 0 bridgehead atoms. The fourth-order valence-electron chi connectivity index (χ4n) is 1.98. The second-order valence-corrected chi connectivity index (χ2v) is 4.96. The fourth-order valence-corrected chi connectivity index (χ4v) is 2.14. The van der Waals surface area contributed by atoms with Crippen LogP contribution in [0.2, 0.25) is 5.02 Å². The first-order valence-corrected chi connectivity index (χ1v) is 5.97. The smallest absolute Gasteiger partial charge is 0.137 e. The van der Waals surface area contributed by atoms with E-state index in [4.69, 9.17) is 11.6 Å². The van der Waals surface area contributed by atoms with Crippen molar-refractivity contribution in [1.82, 2.24) is 14.7 Å².